The molecule has 1 aromatic heterocycles. The van der Waals surface area contributed by atoms with Crippen LogP contribution in [-0.2, 0) is 19.1 Å². The number of piperazine rings is 1. The number of amides is 2. The summed E-state index contributed by atoms with van der Waals surface area (Å²) in [5.41, 5.74) is 0.185. The van der Waals surface area contributed by atoms with E-state index in [4.69, 9.17) is 23.7 Å². The minimum Gasteiger partial charge on any atom is -0.493 e. The molecule has 1 saturated heterocycles. The number of benzene rings is 2. The Labute approximate surface area is 315 Å². The highest BCUT2D eigenvalue weighted by Gasteiger charge is 2.53. The van der Waals surface area contributed by atoms with Crippen molar-refractivity contribution in [3.05, 3.63) is 35.0 Å². The monoisotopic (exact) mass is 797 g/mol. The van der Waals surface area contributed by atoms with Crippen LogP contribution in [0.25, 0.3) is 10.9 Å². The summed E-state index contributed by atoms with van der Waals surface area (Å²) in [7, 11) is 7.69. The molecule has 2 aromatic carbocycles. The second-order valence-corrected chi connectivity index (χ2v) is 14.2. The number of hydrogen-bond donors (Lipinski definition) is 2. The molecule has 3 aliphatic heterocycles. The van der Waals surface area contributed by atoms with Crippen molar-refractivity contribution in [3.63, 3.8) is 0 Å². The van der Waals surface area contributed by atoms with Gasteiger partial charge in [-0.3, -0.25) is 19.2 Å². The predicted octanol–water partition coefficient (Wildman–Crippen LogP) is 4.11. The van der Waals surface area contributed by atoms with Crippen LogP contribution in [0, 0.1) is 0 Å². The molecule has 16 heteroatoms. The van der Waals surface area contributed by atoms with Gasteiger partial charge in [0.25, 0.3) is 5.91 Å². The van der Waals surface area contributed by atoms with Crippen LogP contribution in [-0.4, -0.2) is 123 Å². The number of carbonyl (C=O) groups is 5. The van der Waals surface area contributed by atoms with Crippen molar-refractivity contribution in [1.29, 1.82) is 0 Å². The number of rotatable bonds is 12. The van der Waals surface area contributed by atoms with E-state index in [0.717, 1.165) is 13.1 Å². The van der Waals surface area contributed by atoms with Crippen molar-refractivity contribution in [3.8, 4) is 23.0 Å². The lowest BCUT2D eigenvalue weighted by Gasteiger charge is -2.32. The highest BCUT2D eigenvalue weighted by atomic mass is 79.9. The van der Waals surface area contributed by atoms with Gasteiger partial charge in [0.15, 0.2) is 22.8 Å². The van der Waals surface area contributed by atoms with Gasteiger partial charge in [-0.1, -0.05) is 15.9 Å². The fourth-order valence-electron chi connectivity index (χ4n) is 7.31. The molecule has 0 saturated carbocycles. The van der Waals surface area contributed by atoms with Gasteiger partial charge in [-0.15, -0.1) is 0 Å². The fourth-order valence-corrected chi connectivity index (χ4v) is 7.84. The number of Topliss-reactive ketones (excluding diaryl/α,β-unsaturated/α-hetero) is 1. The molecule has 2 atom stereocenters. The third-order valence-corrected chi connectivity index (χ3v) is 11.0. The van der Waals surface area contributed by atoms with Crippen molar-refractivity contribution < 1.29 is 47.7 Å². The molecule has 0 aliphatic carbocycles. The summed E-state index contributed by atoms with van der Waals surface area (Å²) >= 11 is 3.56. The Morgan fingerprint density at radius 1 is 0.925 bits per heavy atom. The molecular weight excluding hydrogens is 754 g/mol. The first-order valence-electron chi connectivity index (χ1n) is 17.4. The van der Waals surface area contributed by atoms with Gasteiger partial charge >= 0.3 is 11.9 Å². The topological polar surface area (TPSA) is 169 Å². The first-order chi connectivity index (χ1) is 25.4. The van der Waals surface area contributed by atoms with E-state index in [1.165, 1.54) is 40.3 Å². The number of H-pyrrole nitrogens is 1. The maximum absolute atomic E-state index is 14.4. The Hall–Kier alpha value is -4.83. The van der Waals surface area contributed by atoms with Gasteiger partial charge in [0, 0.05) is 68.3 Å². The van der Waals surface area contributed by atoms with E-state index in [0.29, 0.717) is 77.1 Å². The van der Waals surface area contributed by atoms with Gasteiger partial charge in [0.1, 0.15) is 5.69 Å². The lowest BCUT2D eigenvalue weighted by molar-refractivity contribution is -0.143. The smallest absolute Gasteiger partial charge is 0.339 e. The summed E-state index contributed by atoms with van der Waals surface area (Å²) in [6, 6.07) is 4.96. The van der Waals surface area contributed by atoms with Gasteiger partial charge in [0.2, 0.25) is 17.4 Å². The number of nitrogens with zero attached hydrogens (tertiary/aromatic N) is 3. The number of likely N-dealkylation sites (N-methyl/N-ethyl adjacent to an activating group) is 1. The molecule has 3 aromatic rings. The molecule has 1 fully saturated rings. The Morgan fingerprint density at radius 3 is 2.26 bits per heavy atom. The van der Waals surface area contributed by atoms with E-state index in [2.05, 4.69) is 31.1 Å². The average molecular weight is 799 g/mol. The predicted molar refractivity (Wildman–Crippen MR) is 199 cm³/mol. The molecule has 6 rings (SSSR count). The highest BCUT2D eigenvalue weighted by Crippen LogP contribution is 2.52. The van der Waals surface area contributed by atoms with E-state index in [1.807, 2.05) is 11.9 Å². The molecule has 0 spiro atoms. The minimum atomic E-state index is -1.79. The van der Waals surface area contributed by atoms with Crippen LogP contribution in [0.2, 0.25) is 0 Å². The van der Waals surface area contributed by atoms with Crippen LogP contribution < -0.4 is 29.2 Å². The zero-order chi connectivity index (χ0) is 38.2. The SMILES string of the molecule is COC(=O)[C@]1(C)Nc2c(OC(=O)CCCCC(=O)N3CCN(C)CC3)cc3c(c2C1=O)[C@H](CBr)CN3C(=O)c1cc2cc(OC)c(OC)c(OC)c2[nH]1. The molecule has 0 radical (unpaired) electrons. The number of ketones is 1. The molecule has 53 heavy (non-hydrogen) atoms. The maximum Gasteiger partial charge on any atom is 0.339 e. The number of ether oxygens (including phenoxy) is 5. The summed E-state index contributed by atoms with van der Waals surface area (Å²) < 4.78 is 27.5. The Kier molecular flexibility index (Phi) is 10.9. The van der Waals surface area contributed by atoms with Crippen LogP contribution >= 0.6 is 15.9 Å². The normalized spacial score (nSPS) is 19.5. The van der Waals surface area contributed by atoms with Gasteiger partial charge in [-0.25, -0.2) is 4.79 Å². The van der Waals surface area contributed by atoms with E-state index in [1.54, 1.807) is 18.2 Å². The van der Waals surface area contributed by atoms with Gasteiger partial charge < -0.3 is 48.7 Å². The largest absolute Gasteiger partial charge is 0.493 e. The number of unbranched alkanes of at least 4 members (excludes halogenated alkanes) is 1. The first kappa shape index (κ1) is 37.9. The van der Waals surface area contributed by atoms with E-state index in [-0.39, 0.29) is 47.5 Å². The second-order valence-electron chi connectivity index (χ2n) is 13.6. The van der Waals surface area contributed by atoms with Crippen LogP contribution in [0.1, 0.15) is 64.9 Å². The number of esters is 2. The first-order valence-corrected chi connectivity index (χ1v) is 18.5. The van der Waals surface area contributed by atoms with Crippen LogP contribution in [0.15, 0.2) is 18.2 Å². The number of aromatic nitrogens is 1. The Bertz CT molecular complexity index is 1970. The van der Waals surface area contributed by atoms with E-state index >= 15 is 0 Å². The number of anilines is 2. The van der Waals surface area contributed by atoms with Crippen LogP contribution in [0.4, 0.5) is 11.4 Å². The van der Waals surface area contributed by atoms with Gasteiger partial charge in [-0.05, 0) is 44.5 Å². The summed E-state index contributed by atoms with van der Waals surface area (Å²) in [4.78, 5) is 76.2. The standard InChI is InChI=1S/C37H44BrN5O10/c1-37(36(48)52-6)34(46)29-28-21(18-38)19-43(35(47)22-15-20-16-25(49-3)32(50-4)33(51-5)30(20)39-22)23(28)17-24(31(29)40-37)53-27(45)10-8-7-9-26(44)42-13-11-41(2)12-14-42/h15-17,21,39-40H,7-14,18-19H2,1-6H3/t21-,37-/m1/s1. The number of aromatic amines is 1. The zero-order valence-electron chi connectivity index (χ0n) is 30.7. The van der Waals surface area contributed by atoms with E-state index < -0.39 is 29.2 Å². The maximum atomic E-state index is 14.4. The van der Waals surface area contributed by atoms with Crippen molar-refractivity contribution in [1.82, 2.24) is 14.8 Å². The minimum absolute atomic E-state index is 0.000878. The lowest BCUT2D eigenvalue weighted by Crippen LogP contribution is -2.47. The highest BCUT2D eigenvalue weighted by molar-refractivity contribution is 9.09. The quantitative estimate of drug-likeness (QED) is 0.0886. The number of fused-ring (bicyclic) bond motifs is 4. The molecule has 0 bridgehead atoms. The average Bonchev–Trinajstić information content (AvgIpc) is 3.84. The molecule has 2 N–H and O–H groups in total. The number of methoxy groups -OCH3 is 4. The zero-order valence-corrected chi connectivity index (χ0v) is 32.3. The summed E-state index contributed by atoms with van der Waals surface area (Å²) in [6.45, 7) is 4.63. The Balaban J connectivity index is 1.31. The molecule has 4 heterocycles. The fraction of sp³-hybridized carbons (Fsp3) is 0.486. The molecule has 284 valence electrons. The van der Waals surface area contributed by atoms with Crippen molar-refractivity contribution >= 4 is 67.7 Å². The van der Waals surface area contributed by atoms with Gasteiger partial charge in [0.05, 0.1) is 50.9 Å². The van der Waals surface area contributed by atoms with Crippen LogP contribution in [0.3, 0.4) is 0 Å². The van der Waals surface area contributed by atoms with E-state index in [9.17, 15) is 24.0 Å². The third kappa shape index (κ3) is 6.78. The summed E-state index contributed by atoms with van der Waals surface area (Å²) in [5, 5.41) is 4.02. The molecule has 15 nitrogen and oxygen atoms in total. The summed E-state index contributed by atoms with van der Waals surface area (Å²) in [6.07, 6.45) is 1.25. The van der Waals surface area contributed by atoms with Crippen LogP contribution in [0.5, 0.6) is 23.0 Å². The van der Waals surface area contributed by atoms with Gasteiger partial charge in [-0.2, -0.15) is 0 Å². The Morgan fingerprint density at radius 2 is 1.62 bits per heavy atom. The summed E-state index contributed by atoms with van der Waals surface area (Å²) in [5.74, 6) is -1.53. The number of carbonyl (C=O) groups excluding carboxylic acids is 5. The molecule has 2 amide bonds. The molecule has 0 unspecified atom stereocenters. The lowest BCUT2D eigenvalue weighted by atomic mass is 9.89. The molecular formula is C37H44BrN5O10. The number of alkyl halides is 1. The van der Waals surface area contributed by atoms with Crippen molar-refractivity contribution in [2.45, 2.75) is 44.1 Å². The third-order valence-electron chi connectivity index (χ3n) is 10.2. The van der Waals surface area contributed by atoms with Crippen molar-refractivity contribution in [2.24, 2.45) is 0 Å². The number of halogens is 1. The number of hydrogen-bond acceptors (Lipinski definition) is 12. The molecule has 3 aliphatic rings. The number of nitrogens with one attached hydrogen (secondary N) is 2. The second kappa shape index (κ2) is 15.3. The van der Waals surface area contributed by atoms with Crippen molar-refractivity contribution in [2.75, 3.05) is 83.8 Å².